The van der Waals surface area contributed by atoms with Crippen LogP contribution in [-0.4, -0.2) is 18.2 Å². The van der Waals surface area contributed by atoms with E-state index in [1.807, 2.05) is 24.4 Å². The molecule has 0 saturated carbocycles. The molecular weight excluding hydrogens is 250 g/mol. The number of rotatable bonds is 2. The summed E-state index contributed by atoms with van der Waals surface area (Å²) in [5.41, 5.74) is 5.59. The largest absolute Gasteiger partial charge is 0.486 e. The lowest BCUT2D eigenvalue weighted by atomic mass is 10.1. The maximum Gasteiger partial charge on any atom is 0.197 e. The fraction of sp³-hybridized carbons (Fsp3) is 0.250. The zero-order valence-electron chi connectivity index (χ0n) is 9.90. The Labute approximate surface area is 109 Å². The SMILES string of the molecule is Cc1cc2c(cc1-c1csc(NN)n1)OCCO2. The minimum atomic E-state index is 0.585. The first-order valence-electron chi connectivity index (χ1n) is 5.60. The number of anilines is 1. The number of fused-ring (bicyclic) bond motifs is 1. The zero-order chi connectivity index (χ0) is 12.5. The third kappa shape index (κ3) is 1.89. The fourth-order valence-electron chi connectivity index (χ4n) is 1.93. The van der Waals surface area contributed by atoms with Gasteiger partial charge in [0.25, 0.3) is 0 Å². The van der Waals surface area contributed by atoms with Crippen LogP contribution in [0.4, 0.5) is 5.13 Å². The minimum Gasteiger partial charge on any atom is -0.486 e. The number of hydrogen-bond donors (Lipinski definition) is 2. The number of aromatic nitrogens is 1. The summed E-state index contributed by atoms with van der Waals surface area (Å²) in [6, 6.07) is 3.96. The molecule has 3 rings (SSSR count). The van der Waals surface area contributed by atoms with E-state index in [2.05, 4.69) is 10.4 Å². The molecule has 0 spiro atoms. The van der Waals surface area contributed by atoms with Gasteiger partial charge >= 0.3 is 0 Å². The molecule has 1 aromatic carbocycles. The number of thiazole rings is 1. The molecule has 0 unspecified atom stereocenters. The van der Waals surface area contributed by atoms with Gasteiger partial charge in [-0.3, -0.25) is 5.43 Å². The summed E-state index contributed by atoms with van der Waals surface area (Å²) in [6.07, 6.45) is 0. The highest BCUT2D eigenvalue weighted by Crippen LogP contribution is 2.37. The van der Waals surface area contributed by atoms with Crippen molar-refractivity contribution in [3.05, 3.63) is 23.1 Å². The van der Waals surface area contributed by atoms with Crippen LogP contribution >= 0.6 is 11.3 Å². The molecule has 0 radical (unpaired) electrons. The van der Waals surface area contributed by atoms with Crippen molar-refractivity contribution in [2.45, 2.75) is 6.92 Å². The summed E-state index contributed by atoms with van der Waals surface area (Å²) < 4.78 is 11.1. The molecule has 0 atom stereocenters. The molecule has 0 fully saturated rings. The smallest absolute Gasteiger partial charge is 0.197 e. The summed E-state index contributed by atoms with van der Waals surface area (Å²) in [4.78, 5) is 4.39. The van der Waals surface area contributed by atoms with Crippen LogP contribution in [0.1, 0.15) is 5.56 Å². The highest BCUT2D eigenvalue weighted by molar-refractivity contribution is 7.14. The van der Waals surface area contributed by atoms with Crippen LogP contribution in [0.3, 0.4) is 0 Å². The molecule has 0 amide bonds. The van der Waals surface area contributed by atoms with Crippen LogP contribution in [0.15, 0.2) is 17.5 Å². The first-order chi connectivity index (χ1) is 8.78. The lowest BCUT2D eigenvalue weighted by Crippen LogP contribution is -2.15. The molecular formula is C12H13N3O2S. The third-order valence-electron chi connectivity index (χ3n) is 2.79. The highest BCUT2D eigenvalue weighted by Gasteiger charge is 2.16. The second-order valence-corrected chi connectivity index (χ2v) is 4.85. The number of nitrogen functional groups attached to an aromatic ring is 1. The van der Waals surface area contributed by atoms with Crippen LogP contribution in [0.2, 0.25) is 0 Å². The van der Waals surface area contributed by atoms with Crippen LogP contribution < -0.4 is 20.7 Å². The summed E-state index contributed by atoms with van der Waals surface area (Å²) in [5.74, 6) is 6.92. The Kier molecular flexibility index (Phi) is 2.81. The molecule has 18 heavy (non-hydrogen) atoms. The molecule has 6 heteroatoms. The van der Waals surface area contributed by atoms with Crippen LogP contribution in [0, 0.1) is 6.92 Å². The molecule has 1 aliphatic heterocycles. The number of nitrogens with one attached hydrogen (secondary N) is 1. The summed E-state index contributed by atoms with van der Waals surface area (Å²) in [7, 11) is 0. The molecule has 1 aliphatic rings. The van der Waals surface area contributed by atoms with Crippen molar-refractivity contribution in [3.8, 4) is 22.8 Å². The number of benzene rings is 1. The van der Waals surface area contributed by atoms with Crippen LogP contribution in [-0.2, 0) is 0 Å². The number of hydrogen-bond acceptors (Lipinski definition) is 6. The number of nitrogens with zero attached hydrogens (tertiary/aromatic N) is 1. The van der Waals surface area contributed by atoms with Gasteiger partial charge in [-0.25, -0.2) is 10.8 Å². The average Bonchev–Trinajstić information content (AvgIpc) is 2.86. The summed E-state index contributed by atoms with van der Waals surface area (Å²) >= 11 is 1.47. The third-order valence-corrected chi connectivity index (χ3v) is 3.57. The van der Waals surface area contributed by atoms with Gasteiger partial charge in [0, 0.05) is 10.9 Å². The van der Waals surface area contributed by atoms with E-state index in [1.165, 1.54) is 11.3 Å². The number of aryl methyl sites for hydroxylation is 1. The van der Waals surface area contributed by atoms with E-state index in [9.17, 15) is 0 Å². The summed E-state index contributed by atoms with van der Waals surface area (Å²) in [6.45, 7) is 3.22. The van der Waals surface area contributed by atoms with Crippen LogP contribution in [0.5, 0.6) is 11.5 Å². The molecule has 3 N–H and O–H groups in total. The Morgan fingerprint density at radius 2 is 2.00 bits per heavy atom. The van der Waals surface area contributed by atoms with E-state index < -0.39 is 0 Å². The van der Waals surface area contributed by atoms with E-state index in [0.717, 1.165) is 28.3 Å². The van der Waals surface area contributed by atoms with Gasteiger partial charge < -0.3 is 9.47 Å². The molecule has 5 nitrogen and oxygen atoms in total. The topological polar surface area (TPSA) is 69.4 Å². The van der Waals surface area contributed by atoms with Crippen molar-refractivity contribution in [2.75, 3.05) is 18.6 Å². The minimum absolute atomic E-state index is 0.585. The monoisotopic (exact) mass is 263 g/mol. The van der Waals surface area contributed by atoms with Gasteiger partial charge in [-0.05, 0) is 24.6 Å². The van der Waals surface area contributed by atoms with Gasteiger partial charge in [-0.2, -0.15) is 0 Å². The molecule has 2 heterocycles. The number of hydrazine groups is 1. The molecule has 94 valence electrons. The fourth-order valence-corrected chi connectivity index (χ4v) is 2.55. The predicted octanol–water partition coefficient (Wildman–Crippen LogP) is 2.18. The van der Waals surface area contributed by atoms with Crippen molar-refractivity contribution in [3.63, 3.8) is 0 Å². The zero-order valence-corrected chi connectivity index (χ0v) is 10.7. The molecule has 1 aromatic heterocycles. The van der Waals surface area contributed by atoms with Gasteiger partial charge in [0.15, 0.2) is 16.6 Å². The Bertz CT molecular complexity index is 583. The quantitative estimate of drug-likeness (QED) is 0.642. The second kappa shape index (κ2) is 4.47. The Balaban J connectivity index is 2.06. The Hall–Kier alpha value is -1.79. The first kappa shape index (κ1) is 11.3. The molecule has 0 aliphatic carbocycles. The van der Waals surface area contributed by atoms with Gasteiger partial charge in [0.1, 0.15) is 13.2 Å². The molecule has 0 saturated heterocycles. The maximum absolute atomic E-state index is 5.58. The van der Waals surface area contributed by atoms with E-state index in [-0.39, 0.29) is 0 Å². The average molecular weight is 263 g/mol. The predicted molar refractivity (Wildman–Crippen MR) is 71.1 cm³/mol. The van der Waals surface area contributed by atoms with E-state index >= 15 is 0 Å². The Morgan fingerprint density at radius 3 is 2.67 bits per heavy atom. The number of ether oxygens (including phenoxy) is 2. The van der Waals surface area contributed by atoms with Crippen molar-refractivity contribution >= 4 is 16.5 Å². The van der Waals surface area contributed by atoms with E-state index in [4.69, 9.17) is 15.3 Å². The van der Waals surface area contributed by atoms with Gasteiger partial charge in [-0.1, -0.05) is 0 Å². The van der Waals surface area contributed by atoms with Gasteiger partial charge in [0.05, 0.1) is 5.69 Å². The Morgan fingerprint density at radius 1 is 1.28 bits per heavy atom. The first-order valence-corrected chi connectivity index (χ1v) is 6.48. The van der Waals surface area contributed by atoms with Crippen LogP contribution in [0.25, 0.3) is 11.3 Å². The maximum atomic E-state index is 5.58. The standard InChI is InChI=1S/C12H13N3O2S/c1-7-4-10-11(17-3-2-16-10)5-8(7)9-6-18-12(14-9)15-13/h4-6H,2-3,13H2,1H3,(H,14,15). The van der Waals surface area contributed by atoms with Crippen molar-refractivity contribution in [1.82, 2.24) is 4.98 Å². The van der Waals surface area contributed by atoms with Gasteiger partial charge in [0.2, 0.25) is 0 Å². The highest BCUT2D eigenvalue weighted by atomic mass is 32.1. The van der Waals surface area contributed by atoms with Crippen molar-refractivity contribution < 1.29 is 9.47 Å². The molecule has 0 bridgehead atoms. The molecule has 2 aromatic rings. The van der Waals surface area contributed by atoms with E-state index in [0.29, 0.717) is 18.3 Å². The van der Waals surface area contributed by atoms with Crippen molar-refractivity contribution in [1.29, 1.82) is 0 Å². The number of nitrogens with two attached hydrogens (primary N) is 1. The summed E-state index contributed by atoms with van der Waals surface area (Å²) in [5, 5.41) is 2.66. The lowest BCUT2D eigenvalue weighted by molar-refractivity contribution is 0.171. The normalized spacial score (nSPS) is 13.4. The van der Waals surface area contributed by atoms with Gasteiger partial charge in [-0.15, -0.1) is 11.3 Å². The van der Waals surface area contributed by atoms with Crippen molar-refractivity contribution in [2.24, 2.45) is 5.84 Å². The lowest BCUT2D eigenvalue weighted by Gasteiger charge is -2.19. The van der Waals surface area contributed by atoms with E-state index in [1.54, 1.807) is 0 Å². The second-order valence-electron chi connectivity index (χ2n) is 3.99.